The van der Waals surface area contributed by atoms with E-state index < -0.39 is 6.04 Å². The first kappa shape index (κ1) is 13.1. The van der Waals surface area contributed by atoms with Crippen LogP contribution in [-0.2, 0) is 4.79 Å². The topological polar surface area (TPSA) is 46.3 Å². The summed E-state index contributed by atoms with van der Waals surface area (Å²) in [7, 11) is 0. The maximum Gasteiger partial charge on any atom is 0.244 e. The van der Waals surface area contributed by atoms with Gasteiger partial charge in [-0.15, -0.1) is 0 Å². The smallest absolute Gasteiger partial charge is 0.244 e. The Labute approximate surface area is 109 Å². The zero-order valence-electron chi connectivity index (χ0n) is 11.2. The second-order valence-electron chi connectivity index (χ2n) is 5.12. The molecule has 0 saturated carbocycles. The van der Waals surface area contributed by atoms with Crippen LogP contribution in [0, 0.1) is 6.92 Å². The third kappa shape index (κ3) is 2.56. The van der Waals surface area contributed by atoms with Gasteiger partial charge in [-0.2, -0.15) is 0 Å². The predicted octanol–water partition coefficient (Wildman–Crippen LogP) is 2.40. The second kappa shape index (κ2) is 5.53. The monoisotopic (exact) mass is 246 g/mol. The van der Waals surface area contributed by atoms with Crippen LogP contribution in [0.25, 0.3) is 0 Å². The fourth-order valence-electron chi connectivity index (χ4n) is 2.65. The Morgan fingerprint density at radius 2 is 2.11 bits per heavy atom. The molecular weight excluding hydrogens is 224 g/mol. The summed E-state index contributed by atoms with van der Waals surface area (Å²) >= 11 is 0. The summed E-state index contributed by atoms with van der Waals surface area (Å²) in [5, 5.41) is 0. The van der Waals surface area contributed by atoms with Crippen molar-refractivity contribution in [3.63, 3.8) is 0 Å². The number of carbonyl (C=O) groups excluding carboxylic acids is 1. The number of carbonyl (C=O) groups is 1. The molecule has 1 aliphatic heterocycles. The molecule has 1 saturated heterocycles. The minimum absolute atomic E-state index is 0.0724. The van der Waals surface area contributed by atoms with Crippen LogP contribution in [0.15, 0.2) is 24.3 Å². The second-order valence-corrected chi connectivity index (χ2v) is 5.12. The molecule has 0 aromatic heterocycles. The van der Waals surface area contributed by atoms with Crippen molar-refractivity contribution in [2.45, 2.75) is 45.2 Å². The number of nitrogens with two attached hydrogens (primary N) is 1. The van der Waals surface area contributed by atoms with E-state index in [1.165, 1.54) is 5.56 Å². The van der Waals surface area contributed by atoms with Crippen molar-refractivity contribution in [1.29, 1.82) is 0 Å². The standard InChI is InChI=1S/C15H22N2O/c1-3-13-5-4-10-17(13)15(18)14(16)12-8-6-11(2)7-9-12/h6-9,13-14H,3-5,10,16H2,1-2H3. The van der Waals surface area contributed by atoms with Gasteiger partial charge in [0.05, 0.1) is 0 Å². The van der Waals surface area contributed by atoms with Gasteiger partial charge in [-0.3, -0.25) is 4.79 Å². The molecule has 2 unspecified atom stereocenters. The fourth-order valence-corrected chi connectivity index (χ4v) is 2.65. The molecule has 2 N–H and O–H groups in total. The average Bonchev–Trinajstić information content (AvgIpc) is 2.86. The van der Waals surface area contributed by atoms with Crippen LogP contribution >= 0.6 is 0 Å². The normalized spacial score (nSPS) is 21.1. The van der Waals surface area contributed by atoms with Gasteiger partial charge in [0.15, 0.2) is 0 Å². The van der Waals surface area contributed by atoms with Crippen molar-refractivity contribution >= 4 is 5.91 Å². The van der Waals surface area contributed by atoms with Gasteiger partial charge in [0.1, 0.15) is 6.04 Å². The molecule has 3 nitrogen and oxygen atoms in total. The number of likely N-dealkylation sites (tertiary alicyclic amines) is 1. The van der Waals surface area contributed by atoms with Crippen LogP contribution in [0.1, 0.15) is 43.4 Å². The van der Waals surface area contributed by atoms with E-state index in [1.807, 2.05) is 36.1 Å². The molecule has 2 atom stereocenters. The maximum atomic E-state index is 12.4. The Balaban J connectivity index is 2.11. The van der Waals surface area contributed by atoms with Crippen LogP contribution in [0.4, 0.5) is 0 Å². The SMILES string of the molecule is CCC1CCCN1C(=O)C(N)c1ccc(C)cc1. The highest BCUT2D eigenvalue weighted by atomic mass is 16.2. The number of rotatable bonds is 3. The molecule has 2 rings (SSSR count). The Kier molecular flexibility index (Phi) is 4.02. The molecule has 3 heteroatoms. The number of benzene rings is 1. The number of amides is 1. The summed E-state index contributed by atoms with van der Waals surface area (Å²) < 4.78 is 0. The Hall–Kier alpha value is -1.35. The first-order valence-electron chi connectivity index (χ1n) is 6.76. The van der Waals surface area contributed by atoms with Crippen LogP contribution in [0.5, 0.6) is 0 Å². The highest BCUT2D eigenvalue weighted by Crippen LogP contribution is 2.24. The predicted molar refractivity (Wildman–Crippen MR) is 73.1 cm³/mol. The largest absolute Gasteiger partial charge is 0.338 e. The zero-order valence-corrected chi connectivity index (χ0v) is 11.2. The van der Waals surface area contributed by atoms with Gasteiger partial charge in [0.25, 0.3) is 0 Å². The zero-order chi connectivity index (χ0) is 13.1. The molecule has 1 aromatic rings. The van der Waals surface area contributed by atoms with Crippen LogP contribution < -0.4 is 5.73 Å². The molecule has 1 amide bonds. The molecular formula is C15H22N2O. The first-order valence-corrected chi connectivity index (χ1v) is 6.76. The van der Waals surface area contributed by atoms with Gasteiger partial charge < -0.3 is 10.6 Å². The number of hydrogen-bond donors (Lipinski definition) is 1. The van der Waals surface area contributed by atoms with Gasteiger partial charge in [0, 0.05) is 12.6 Å². The van der Waals surface area contributed by atoms with Crippen molar-refractivity contribution in [1.82, 2.24) is 4.90 Å². The van der Waals surface area contributed by atoms with E-state index in [0.717, 1.165) is 31.4 Å². The molecule has 1 aromatic carbocycles. The summed E-state index contributed by atoms with van der Waals surface area (Å²) in [5.74, 6) is 0.0724. The minimum atomic E-state index is -0.516. The third-order valence-corrected chi connectivity index (χ3v) is 3.83. The van der Waals surface area contributed by atoms with E-state index in [-0.39, 0.29) is 5.91 Å². The van der Waals surface area contributed by atoms with Crippen molar-refractivity contribution < 1.29 is 4.79 Å². The molecule has 1 heterocycles. The van der Waals surface area contributed by atoms with Gasteiger partial charge in [0.2, 0.25) is 5.91 Å². The number of nitrogens with zero attached hydrogens (tertiary/aromatic N) is 1. The lowest BCUT2D eigenvalue weighted by Gasteiger charge is -2.26. The summed E-state index contributed by atoms with van der Waals surface area (Å²) in [6.45, 7) is 5.02. The lowest BCUT2D eigenvalue weighted by molar-refractivity contribution is -0.133. The van der Waals surface area contributed by atoms with Crippen molar-refractivity contribution in [3.05, 3.63) is 35.4 Å². The fraction of sp³-hybridized carbons (Fsp3) is 0.533. The van der Waals surface area contributed by atoms with Crippen LogP contribution in [0.2, 0.25) is 0 Å². The Bertz CT molecular complexity index is 413. The van der Waals surface area contributed by atoms with Gasteiger partial charge in [-0.1, -0.05) is 36.8 Å². The van der Waals surface area contributed by atoms with E-state index in [2.05, 4.69) is 6.92 Å². The summed E-state index contributed by atoms with van der Waals surface area (Å²) in [4.78, 5) is 14.4. The highest BCUT2D eigenvalue weighted by molar-refractivity contribution is 5.83. The minimum Gasteiger partial charge on any atom is -0.338 e. The number of aryl methyl sites for hydroxylation is 1. The lowest BCUT2D eigenvalue weighted by Crippen LogP contribution is -2.41. The first-order chi connectivity index (χ1) is 8.63. The van der Waals surface area contributed by atoms with E-state index in [0.29, 0.717) is 6.04 Å². The van der Waals surface area contributed by atoms with Gasteiger partial charge in [-0.05, 0) is 31.7 Å². The quantitative estimate of drug-likeness (QED) is 0.890. The highest BCUT2D eigenvalue weighted by Gasteiger charge is 2.30. The van der Waals surface area contributed by atoms with Crippen molar-refractivity contribution in [2.75, 3.05) is 6.54 Å². The molecule has 1 aliphatic rings. The molecule has 0 aliphatic carbocycles. The average molecular weight is 246 g/mol. The summed E-state index contributed by atoms with van der Waals surface area (Å²) in [6, 6.07) is 7.78. The summed E-state index contributed by atoms with van der Waals surface area (Å²) in [5.41, 5.74) is 8.19. The summed E-state index contributed by atoms with van der Waals surface area (Å²) in [6.07, 6.45) is 3.24. The van der Waals surface area contributed by atoms with Crippen LogP contribution in [0.3, 0.4) is 0 Å². The van der Waals surface area contributed by atoms with E-state index in [4.69, 9.17) is 5.73 Å². The molecule has 0 bridgehead atoms. The Morgan fingerprint density at radius 3 is 2.72 bits per heavy atom. The molecule has 98 valence electrons. The molecule has 1 fully saturated rings. The van der Waals surface area contributed by atoms with E-state index in [9.17, 15) is 4.79 Å². The van der Waals surface area contributed by atoms with Crippen molar-refractivity contribution in [3.8, 4) is 0 Å². The molecule has 0 spiro atoms. The van der Waals surface area contributed by atoms with Gasteiger partial charge >= 0.3 is 0 Å². The molecule has 18 heavy (non-hydrogen) atoms. The molecule has 0 radical (unpaired) electrons. The maximum absolute atomic E-state index is 12.4. The van der Waals surface area contributed by atoms with Crippen molar-refractivity contribution in [2.24, 2.45) is 5.73 Å². The Morgan fingerprint density at radius 1 is 1.44 bits per heavy atom. The van der Waals surface area contributed by atoms with E-state index in [1.54, 1.807) is 0 Å². The van der Waals surface area contributed by atoms with E-state index >= 15 is 0 Å². The number of hydrogen-bond acceptors (Lipinski definition) is 2. The van der Waals surface area contributed by atoms with Crippen LogP contribution in [-0.4, -0.2) is 23.4 Å². The lowest BCUT2D eigenvalue weighted by atomic mass is 10.0. The third-order valence-electron chi connectivity index (χ3n) is 3.83. The van der Waals surface area contributed by atoms with Gasteiger partial charge in [-0.25, -0.2) is 0 Å².